The number of carbonyl (C=O) groups is 2. The molecular formula is C15H16N6O5. The Bertz CT molecular complexity index is 848. The number of nitrogens with zero attached hydrogens (tertiary/aromatic N) is 4. The number of imidazole rings is 1. The molecule has 0 radical (unpaired) electrons. The molecule has 1 aliphatic heterocycles. The lowest BCUT2D eigenvalue weighted by Crippen LogP contribution is -2.37. The topological polar surface area (TPSA) is 147 Å². The molecule has 0 aliphatic carbocycles. The summed E-state index contributed by atoms with van der Waals surface area (Å²) in [5.74, 6) is -1.29. The van der Waals surface area contributed by atoms with Gasteiger partial charge in [-0.25, -0.2) is 10.4 Å². The van der Waals surface area contributed by atoms with Crippen molar-refractivity contribution in [2.75, 3.05) is 13.1 Å². The Morgan fingerprint density at radius 3 is 2.81 bits per heavy atom. The molecule has 0 saturated carbocycles. The van der Waals surface area contributed by atoms with E-state index in [0.29, 0.717) is 13.1 Å². The van der Waals surface area contributed by atoms with Crippen LogP contribution >= 0.6 is 0 Å². The smallest absolute Gasteiger partial charge is 0.400 e. The SMILES string of the molecule is O=C(N/N=C\c1ccc([N+](=O)[O-])o1)c1nc[nH]c1C(=O)N1CCCCC1. The van der Waals surface area contributed by atoms with E-state index >= 15 is 0 Å². The molecule has 3 heterocycles. The summed E-state index contributed by atoms with van der Waals surface area (Å²) < 4.78 is 4.88. The molecule has 0 spiro atoms. The van der Waals surface area contributed by atoms with E-state index in [1.54, 1.807) is 4.90 Å². The van der Waals surface area contributed by atoms with E-state index in [1.165, 1.54) is 18.5 Å². The van der Waals surface area contributed by atoms with E-state index in [1.807, 2.05) is 0 Å². The molecule has 1 fully saturated rings. The molecule has 1 saturated heterocycles. The molecule has 0 bridgehead atoms. The van der Waals surface area contributed by atoms with Crippen LogP contribution in [0.3, 0.4) is 0 Å². The number of aromatic amines is 1. The third-order valence-corrected chi connectivity index (χ3v) is 3.86. The number of rotatable bonds is 5. The highest BCUT2D eigenvalue weighted by atomic mass is 16.6. The van der Waals surface area contributed by atoms with Crippen molar-refractivity contribution in [3.05, 3.63) is 45.7 Å². The lowest BCUT2D eigenvalue weighted by atomic mass is 10.1. The number of nitro groups is 1. The average Bonchev–Trinajstić information content (AvgIpc) is 3.31. The maximum absolute atomic E-state index is 12.5. The van der Waals surface area contributed by atoms with Crippen molar-refractivity contribution in [2.24, 2.45) is 5.10 Å². The fourth-order valence-corrected chi connectivity index (χ4v) is 2.60. The summed E-state index contributed by atoms with van der Waals surface area (Å²) >= 11 is 0. The zero-order valence-corrected chi connectivity index (χ0v) is 13.7. The van der Waals surface area contributed by atoms with Crippen LogP contribution in [0, 0.1) is 10.1 Å². The van der Waals surface area contributed by atoms with Gasteiger partial charge in [0.25, 0.3) is 11.8 Å². The zero-order chi connectivity index (χ0) is 18.5. The first-order valence-electron chi connectivity index (χ1n) is 7.96. The predicted octanol–water partition coefficient (Wildman–Crippen LogP) is 1.30. The van der Waals surface area contributed by atoms with Crippen LogP contribution in [0.1, 0.15) is 46.0 Å². The number of furan rings is 1. The van der Waals surface area contributed by atoms with Gasteiger partial charge in [0.1, 0.15) is 10.6 Å². The Balaban J connectivity index is 1.65. The van der Waals surface area contributed by atoms with Crippen LogP contribution in [0.4, 0.5) is 5.88 Å². The number of carbonyl (C=O) groups excluding carboxylic acids is 2. The third kappa shape index (κ3) is 3.77. The first-order valence-corrected chi connectivity index (χ1v) is 7.96. The Hall–Kier alpha value is -3.50. The number of aromatic nitrogens is 2. The van der Waals surface area contributed by atoms with Crippen molar-refractivity contribution in [2.45, 2.75) is 19.3 Å². The van der Waals surface area contributed by atoms with Crippen molar-refractivity contribution >= 4 is 23.9 Å². The highest BCUT2D eigenvalue weighted by molar-refractivity contribution is 6.04. The first kappa shape index (κ1) is 17.3. The van der Waals surface area contributed by atoms with Crippen LogP contribution < -0.4 is 5.43 Å². The average molecular weight is 360 g/mol. The van der Waals surface area contributed by atoms with Crippen molar-refractivity contribution in [3.8, 4) is 0 Å². The van der Waals surface area contributed by atoms with Gasteiger partial charge in [0, 0.05) is 13.1 Å². The molecule has 11 heteroatoms. The summed E-state index contributed by atoms with van der Waals surface area (Å²) in [6.07, 6.45) is 5.33. The van der Waals surface area contributed by atoms with E-state index in [9.17, 15) is 19.7 Å². The molecule has 0 aromatic carbocycles. The van der Waals surface area contributed by atoms with Gasteiger partial charge in [0.15, 0.2) is 11.5 Å². The van der Waals surface area contributed by atoms with Crippen LogP contribution in [0.2, 0.25) is 0 Å². The van der Waals surface area contributed by atoms with Gasteiger partial charge in [-0.15, -0.1) is 0 Å². The molecule has 1 aliphatic rings. The molecule has 2 N–H and O–H groups in total. The third-order valence-electron chi connectivity index (χ3n) is 3.86. The van der Waals surface area contributed by atoms with Gasteiger partial charge in [-0.3, -0.25) is 19.7 Å². The van der Waals surface area contributed by atoms with Gasteiger partial charge in [-0.05, 0) is 25.3 Å². The predicted molar refractivity (Wildman–Crippen MR) is 88.8 cm³/mol. The molecule has 2 aromatic rings. The van der Waals surface area contributed by atoms with Crippen LogP contribution in [0.25, 0.3) is 0 Å². The minimum Gasteiger partial charge on any atom is -0.400 e. The molecule has 0 atom stereocenters. The zero-order valence-electron chi connectivity index (χ0n) is 13.7. The summed E-state index contributed by atoms with van der Waals surface area (Å²) in [4.78, 5) is 42.8. The molecular weight excluding hydrogens is 344 g/mol. The summed E-state index contributed by atoms with van der Waals surface area (Å²) in [5, 5.41) is 14.2. The fraction of sp³-hybridized carbons (Fsp3) is 0.333. The maximum Gasteiger partial charge on any atom is 0.433 e. The largest absolute Gasteiger partial charge is 0.433 e. The minimum absolute atomic E-state index is 0.0665. The van der Waals surface area contributed by atoms with Crippen molar-refractivity contribution in [3.63, 3.8) is 0 Å². The number of hydrogen-bond donors (Lipinski definition) is 2. The Morgan fingerprint density at radius 2 is 2.12 bits per heavy atom. The molecule has 26 heavy (non-hydrogen) atoms. The number of amides is 2. The van der Waals surface area contributed by atoms with Gasteiger partial charge in [-0.2, -0.15) is 5.10 Å². The first-order chi connectivity index (χ1) is 12.6. The lowest BCUT2D eigenvalue weighted by molar-refractivity contribution is -0.402. The van der Waals surface area contributed by atoms with Crippen LogP contribution in [-0.2, 0) is 0 Å². The molecule has 0 unspecified atom stereocenters. The maximum atomic E-state index is 12.5. The van der Waals surface area contributed by atoms with Crippen LogP contribution in [-0.4, -0.2) is 50.9 Å². The Kier molecular flexibility index (Phi) is 5.06. The Morgan fingerprint density at radius 1 is 1.35 bits per heavy atom. The van der Waals surface area contributed by atoms with E-state index < -0.39 is 16.7 Å². The van der Waals surface area contributed by atoms with E-state index in [2.05, 4.69) is 20.5 Å². The lowest BCUT2D eigenvalue weighted by Gasteiger charge is -2.26. The second-order valence-corrected chi connectivity index (χ2v) is 5.61. The summed E-state index contributed by atoms with van der Waals surface area (Å²) in [6, 6.07) is 2.51. The van der Waals surface area contributed by atoms with E-state index in [-0.39, 0.29) is 23.1 Å². The molecule has 3 rings (SSSR count). The minimum atomic E-state index is -0.682. The van der Waals surface area contributed by atoms with Gasteiger partial charge in [0.05, 0.1) is 18.6 Å². The number of hydrogen-bond acceptors (Lipinski definition) is 7. The standard InChI is InChI=1S/C15H16N6O5/c22-14(19-18-8-10-4-5-11(26-10)21(24)25)12-13(17-9-16-12)15(23)20-6-2-1-3-7-20/h4-5,8-9H,1-3,6-7H2,(H,16,17)(H,19,22)/b18-8-. The summed E-state index contributed by atoms with van der Waals surface area (Å²) in [7, 11) is 0. The Labute approximate surface area is 147 Å². The van der Waals surface area contributed by atoms with Crippen molar-refractivity contribution < 1.29 is 18.9 Å². The van der Waals surface area contributed by atoms with Gasteiger partial charge >= 0.3 is 5.88 Å². The molecule has 136 valence electrons. The van der Waals surface area contributed by atoms with Gasteiger partial charge < -0.3 is 14.3 Å². The normalized spacial score (nSPS) is 14.5. The second-order valence-electron chi connectivity index (χ2n) is 5.61. The van der Waals surface area contributed by atoms with Gasteiger partial charge in [-0.1, -0.05) is 0 Å². The van der Waals surface area contributed by atoms with Crippen molar-refractivity contribution in [1.82, 2.24) is 20.3 Å². The van der Waals surface area contributed by atoms with Crippen molar-refractivity contribution in [1.29, 1.82) is 0 Å². The molecule has 2 amide bonds. The van der Waals surface area contributed by atoms with Gasteiger partial charge in [0.2, 0.25) is 0 Å². The van der Waals surface area contributed by atoms with Crippen LogP contribution in [0.15, 0.2) is 28.0 Å². The summed E-state index contributed by atoms with van der Waals surface area (Å²) in [5.41, 5.74) is 2.26. The highest BCUT2D eigenvalue weighted by Gasteiger charge is 2.25. The quantitative estimate of drug-likeness (QED) is 0.467. The highest BCUT2D eigenvalue weighted by Crippen LogP contribution is 2.15. The number of H-pyrrole nitrogens is 1. The second kappa shape index (κ2) is 7.59. The molecule has 11 nitrogen and oxygen atoms in total. The molecule has 2 aromatic heterocycles. The monoisotopic (exact) mass is 360 g/mol. The number of likely N-dealkylation sites (tertiary alicyclic amines) is 1. The van der Waals surface area contributed by atoms with Crippen LogP contribution in [0.5, 0.6) is 0 Å². The van der Waals surface area contributed by atoms with E-state index in [4.69, 9.17) is 4.42 Å². The fourth-order valence-electron chi connectivity index (χ4n) is 2.60. The summed E-state index contributed by atoms with van der Waals surface area (Å²) in [6.45, 7) is 1.29. The van der Waals surface area contributed by atoms with E-state index in [0.717, 1.165) is 25.5 Å². The number of piperidine rings is 1. The number of nitrogens with one attached hydrogen (secondary N) is 2. The number of hydrazone groups is 1.